The zero-order valence-corrected chi connectivity index (χ0v) is 23.2. The molecule has 2 fully saturated rings. The fraction of sp³-hybridized carbons (Fsp3) is 0.355. The summed E-state index contributed by atoms with van der Waals surface area (Å²) in [5.41, 5.74) is 12.0. The van der Waals surface area contributed by atoms with E-state index in [-0.39, 0.29) is 23.7 Å². The lowest BCUT2D eigenvalue weighted by Gasteiger charge is -2.35. The van der Waals surface area contributed by atoms with E-state index in [1.807, 2.05) is 29.2 Å². The molecule has 0 radical (unpaired) electrons. The second kappa shape index (κ2) is 9.66. The van der Waals surface area contributed by atoms with Gasteiger partial charge in [-0.3, -0.25) is 4.79 Å². The number of halogens is 1. The Balaban J connectivity index is 1.21. The number of nitrogens with zero attached hydrogens (tertiary/aromatic N) is 5. The molecule has 0 bridgehead atoms. The molecule has 3 aliphatic rings. The number of fused-ring (bicyclic) bond motifs is 2. The topological polar surface area (TPSA) is 79.8 Å². The monoisotopic (exact) mass is 554 g/mol. The minimum absolute atomic E-state index is 0.0285. The van der Waals surface area contributed by atoms with Gasteiger partial charge in [-0.2, -0.15) is 5.10 Å². The van der Waals surface area contributed by atoms with Crippen LogP contribution < -0.4 is 10.6 Å². The van der Waals surface area contributed by atoms with Gasteiger partial charge in [-0.05, 0) is 68.0 Å². The quantitative estimate of drug-likeness (QED) is 0.338. The van der Waals surface area contributed by atoms with Crippen LogP contribution in [0.15, 0.2) is 54.6 Å². The predicted molar refractivity (Wildman–Crippen MR) is 157 cm³/mol. The van der Waals surface area contributed by atoms with E-state index in [9.17, 15) is 4.79 Å². The van der Waals surface area contributed by atoms with Crippen molar-refractivity contribution in [2.24, 2.45) is 11.7 Å². The average molecular weight is 555 g/mol. The Morgan fingerprint density at radius 1 is 1.07 bits per heavy atom. The van der Waals surface area contributed by atoms with Crippen molar-refractivity contribution in [3.8, 4) is 11.3 Å². The van der Waals surface area contributed by atoms with Crippen LogP contribution in [0.3, 0.4) is 0 Å². The summed E-state index contributed by atoms with van der Waals surface area (Å²) < 4.78 is 17.2. The average Bonchev–Trinajstić information content (AvgIpc) is 3.51. The standard InChI is InChI=1S/C31H31FN6OS/c1-18-23-5-3-2-4-19(23)11-13-37(18)31(39)27-15-28(20-6-7-20)38-29(34-27)16-26(35-38)24-9-8-22(14-25(24)32)36-12-10-21(17-36)30(33)40/h2-5,8-9,14-16,18,20-21H,6-7,10-13,17H2,1H3,(H2,33,40)/t18-,21?/m1/s1. The summed E-state index contributed by atoms with van der Waals surface area (Å²) in [5, 5.41) is 4.77. The van der Waals surface area contributed by atoms with Gasteiger partial charge in [0, 0.05) is 54.5 Å². The van der Waals surface area contributed by atoms with Crippen LogP contribution in [0, 0.1) is 11.7 Å². The first kappa shape index (κ1) is 25.1. The van der Waals surface area contributed by atoms with Gasteiger partial charge in [0.1, 0.15) is 11.5 Å². The summed E-state index contributed by atoms with van der Waals surface area (Å²) in [7, 11) is 0. The zero-order valence-electron chi connectivity index (χ0n) is 22.4. The number of carbonyl (C=O) groups is 1. The summed E-state index contributed by atoms with van der Waals surface area (Å²) in [6, 6.07) is 17.2. The molecule has 40 heavy (non-hydrogen) atoms. The molecule has 7 nitrogen and oxygen atoms in total. The number of anilines is 1. The second-order valence-corrected chi connectivity index (χ2v) is 11.7. The van der Waals surface area contributed by atoms with Crippen molar-refractivity contribution in [1.29, 1.82) is 0 Å². The predicted octanol–water partition coefficient (Wildman–Crippen LogP) is 5.28. The summed E-state index contributed by atoms with van der Waals surface area (Å²) in [6.07, 6.45) is 3.79. The molecule has 4 heterocycles. The van der Waals surface area contributed by atoms with Gasteiger partial charge in [-0.25, -0.2) is 13.9 Å². The third-order valence-corrected chi connectivity index (χ3v) is 9.04. The van der Waals surface area contributed by atoms with Gasteiger partial charge in [0.2, 0.25) is 0 Å². The molecule has 2 N–H and O–H groups in total. The van der Waals surface area contributed by atoms with Crippen molar-refractivity contribution in [3.63, 3.8) is 0 Å². The molecule has 1 saturated heterocycles. The lowest BCUT2D eigenvalue weighted by molar-refractivity contribution is 0.0671. The molecule has 0 spiro atoms. The lowest BCUT2D eigenvalue weighted by atomic mass is 9.93. The third-order valence-electron chi connectivity index (χ3n) is 8.71. The van der Waals surface area contributed by atoms with Crippen LogP contribution in [-0.2, 0) is 6.42 Å². The fourth-order valence-corrected chi connectivity index (χ4v) is 6.43. The lowest BCUT2D eigenvalue weighted by Crippen LogP contribution is -2.39. The van der Waals surface area contributed by atoms with Crippen LogP contribution >= 0.6 is 12.2 Å². The molecule has 204 valence electrons. The van der Waals surface area contributed by atoms with Gasteiger partial charge in [-0.1, -0.05) is 36.5 Å². The molecule has 1 saturated carbocycles. The van der Waals surface area contributed by atoms with E-state index >= 15 is 4.39 Å². The highest BCUT2D eigenvalue weighted by molar-refractivity contribution is 7.80. The molecule has 2 atom stereocenters. The summed E-state index contributed by atoms with van der Waals surface area (Å²) >= 11 is 5.15. The van der Waals surface area contributed by atoms with Crippen molar-refractivity contribution in [2.75, 3.05) is 24.5 Å². The normalized spacial score (nSPS) is 20.6. The van der Waals surface area contributed by atoms with E-state index in [1.54, 1.807) is 22.7 Å². The van der Waals surface area contributed by atoms with Gasteiger partial charge < -0.3 is 15.5 Å². The molecule has 1 unspecified atom stereocenters. The highest BCUT2D eigenvalue weighted by Gasteiger charge is 2.33. The molecule has 2 aromatic carbocycles. The highest BCUT2D eigenvalue weighted by atomic mass is 32.1. The number of amides is 1. The van der Waals surface area contributed by atoms with Gasteiger partial charge in [0.15, 0.2) is 5.65 Å². The minimum Gasteiger partial charge on any atom is -0.393 e. The molecule has 2 aliphatic heterocycles. The number of nitrogens with two attached hydrogens (primary N) is 1. The molecule has 2 aromatic heterocycles. The smallest absolute Gasteiger partial charge is 0.273 e. The Morgan fingerprint density at radius 2 is 1.90 bits per heavy atom. The Labute approximate surface area is 237 Å². The van der Waals surface area contributed by atoms with Crippen LogP contribution in [0.5, 0.6) is 0 Å². The van der Waals surface area contributed by atoms with Crippen molar-refractivity contribution in [3.05, 3.63) is 82.9 Å². The van der Waals surface area contributed by atoms with E-state index < -0.39 is 0 Å². The van der Waals surface area contributed by atoms with Gasteiger partial charge in [0.25, 0.3) is 5.91 Å². The molecule has 9 heteroatoms. The van der Waals surface area contributed by atoms with Gasteiger partial charge in [0.05, 0.1) is 16.7 Å². The van der Waals surface area contributed by atoms with Gasteiger partial charge in [-0.15, -0.1) is 0 Å². The van der Waals surface area contributed by atoms with Crippen molar-refractivity contribution >= 4 is 34.4 Å². The molecular weight excluding hydrogens is 523 g/mol. The van der Waals surface area contributed by atoms with Crippen molar-refractivity contribution < 1.29 is 9.18 Å². The highest BCUT2D eigenvalue weighted by Crippen LogP contribution is 2.41. The number of hydrogen-bond acceptors (Lipinski definition) is 5. The van der Waals surface area contributed by atoms with Crippen molar-refractivity contribution in [1.82, 2.24) is 19.5 Å². The Bertz CT molecular complexity index is 1660. The van der Waals surface area contributed by atoms with E-state index in [4.69, 9.17) is 28.0 Å². The molecule has 7 rings (SSSR count). The van der Waals surface area contributed by atoms with E-state index in [0.29, 0.717) is 46.6 Å². The van der Waals surface area contributed by atoms with E-state index in [0.717, 1.165) is 43.6 Å². The van der Waals surface area contributed by atoms with Crippen molar-refractivity contribution in [2.45, 2.75) is 44.6 Å². The first-order valence-electron chi connectivity index (χ1n) is 14.0. The summed E-state index contributed by atoms with van der Waals surface area (Å²) in [5.74, 6) is 0.0614. The number of rotatable bonds is 5. The Kier molecular flexibility index (Phi) is 6.07. The maximum Gasteiger partial charge on any atom is 0.273 e. The number of hydrogen-bond donors (Lipinski definition) is 1. The number of aromatic nitrogens is 3. The SMILES string of the molecule is C[C@@H]1c2ccccc2CCN1C(=O)c1cc(C2CC2)n2nc(-c3ccc(N4CCC(C(N)=S)C4)cc3F)cc2n1. The van der Waals surface area contributed by atoms with Crippen LogP contribution in [0.2, 0.25) is 0 Å². The van der Waals surface area contributed by atoms with Crippen LogP contribution in [0.4, 0.5) is 10.1 Å². The van der Waals surface area contributed by atoms with E-state index in [2.05, 4.69) is 24.0 Å². The van der Waals surface area contributed by atoms with E-state index in [1.165, 1.54) is 11.1 Å². The maximum atomic E-state index is 15.5. The molecular formula is C31H31FN6OS. The third kappa shape index (κ3) is 4.33. The van der Waals surface area contributed by atoms with Crippen LogP contribution in [0.1, 0.15) is 65.5 Å². The van der Waals surface area contributed by atoms with Gasteiger partial charge >= 0.3 is 0 Å². The maximum absolute atomic E-state index is 15.5. The number of benzene rings is 2. The van der Waals surface area contributed by atoms with Crippen LogP contribution in [0.25, 0.3) is 16.9 Å². The Morgan fingerprint density at radius 3 is 2.65 bits per heavy atom. The largest absolute Gasteiger partial charge is 0.393 e. The first-order chi connectivity index (χ1) is 19.4. The number of carbonyl (C=O) groups excluding carboxylic acids is 1. The minimum atomic E-state index is -0.343. The number of thiocarbonyl (C=S) groups is 1. The zero-order chi connectivity index (χ0) is 27.5. The summed E-state index contributed by atoms with van der Waals surface area (Å²) in [6.45, 7) is 4.22. The Hall–Kier alpha value is -3.85. The summed E-state index contributed by atoms with van der Waals surface area (Å²) in [4.78, 5) is 23.1. The van der Waals surface area contributed by atoms with Crippen LogP contribution in [-0.4, -0.2) is 50.0 Å². The fourth-order valence-electron chi connectivity index (χ4n) is 6.24. The second-order valence-electron chi connectivity index (χ2n) is 11.3. The molecule has 4 aromatic rings. The first-order valence-corrected chi connectivity index (χ1v) is 14.4. The molecule has 1 aliphatic carbocycles. The molecule has 1 amide bonds.